The molecule has 2 aromatic rings. The van der Waals surface area contributed by atoms with E-state index in [9.17, 15) is 5.11 Å². The van der Waals surface area contributed by atoms with Gasteiger partial charge in [-0.3, -0.25) is 4.90 Å². The molecule has 1 aliphatic heterocycles. The van der Waals surface area contributed by atoms with E-state index >= 15 is 0 Å². The third-order valence-corrected chi connectivity index (χ3v) is 4.74. The molecular weight excluding hydrogens is 270 g/mol. The van der Waals surface area contributed by atoms with Crippen LogP contribution in [0.15, 0.2) is 60.7 Å². The average Bonchev–Trinajstić information content (AvgIpc) is 2.61. The van der Waals surface area contributed by atoms with Crippen LogP contribution in [0.1, 0.15) is 36.4 Å². The summed E-state index contributed by atoms with van der Waals surface area (Å²) in [6, 6.07) is 22.1. The molecule has 3 rings (SSSR count). The maximum atomic E-state index is 9.78. The number of aliphatic hydroxyl groups excluding tert-OH is 1. The molecule has 0 aliphatic carbocycles. The Hall–Kier alpha value is -1.64. The Balaban J connectivity index is 1.88. The quantitative estimate of drug-likeness (QED) is 0.906. The minimum atomic E-state index is 0.262. The van der Waals surface area contributed by atoms with Crippen LogP contribution in [-0.4, -0.2) is 29.2 Å². The topological polar surface area (TPSA) is 23.5 Å². The number of benzene rings is 2. The van der Waals surface area contributed by atoms with Crippen molar-refractivity contribution in [3.63, 3.8) is 0 Å². The molecule has 0 unspecified atom stereocenters. The van der Waals surface area contributed by atoms with Gasteiger partial charge in [-0.2, -0.15) is 0 Å². The first kappa shape index (κ1) is 15.3. The van der Waals surface area contributed by atoms with Gasteiger partial charge in [0.05, 0.1) is 6.61 Å². The van der Waals surface area contributed by atoms with Gasteiger partial charge in [-0.05, 0) is 36.9 Å². The van der Waals surface area contributed by atoms with Crippen LogP contribution in [0.2, 0.25) is 0 Å². The molecule has 2 atom stereocenters. The van der Waals surface area contributed by atoms with Crippen molar-refractivity contribution < 1.29 is 5.11 Å². The molecule has 1 heterocycles. The van der Waals surface area contributed by atoms with Crippen molar-refractivity contribution in [3.8, 4) is 0 Å². The molecular formula is C20H25NO. The lowest BCUT2D eigenvalue weighted by molar-refractivity contribution is 0.0522. The molecule has 0 aromatic heterocycles. The second-order valence-electron chi connectivity index (χ2n) is 6.19. The van der Waals surface area contributed by atoms with Gasteiger partial charge in [-0.1, -0.05) is 67.1 Å². The van der Waals surface area contributed by atoms with Crippen molar-refractivity contribution in [2.45, 2.75) is 37.8 Å². The second-order valence-corrected chi connectivity index (χ2v) is 6.19. The summed E-state index contributed by atoms with van der Waals surface area (Å²) >= 11 is 0. The van der Waals surface area contributed by atoms with Gasteiger partial charge >= 0.3 is 0 Å². The fourth-order valence-corrected chi connectivity index (χ4v) is 3.57. The molecule has 2 aromatic carbocycles. The molecule has 116 valence electrons. The zero-order valence-corrected chi connectivity index (χ0v) is 13.1. The fourth-order valence-electron chi connectivity index (χ4n) is 3.57. The van der Waals surface area contributed by atoms with Gasteiger partial charge in [0.1, 0.15) is 0 Å². The number of rotatable bonds is 5. The Morgan fingerprint density at radius 1 is 0.955 bits per heavy atom. The molecule has 0 bridgehead atoms. The summed E-state index contributed by atoms with van der Waals surface area (Å²) in [4.78, 5) is 2.52. The van der Waals surface area contributed by atoms with Crippen molar-refractivity contribution >= 4 is 0 Å². The van der Waals surface area contributed by atoms with Crippen LogP contribution in [0.25, 0.3) is 0 Å². The smallest absolute Gasteiger partial charge is 0.0587 e. The zero-order valence-electron chi connectivity index (χ0n) is 13.1. The lowest BCUT2D eigenvalue weighted by atomic mass is 9.92. The number of piperidine rings is 1. The summed E-state index contributed by atoms with van der Waals surface area (Å²) in [5.41, 5.74) is 2.71. The van der Waals surface area contributed by atoms with E-state index in [1.807, 2.05) is 0 Å². The van der Waals surface area contributed by atoms with E-state index in [1.54, 1.807) is 0 Å². The van der Waals surface area contributed by atoms with Crippen molar-refractivity contribution in [1.29, 1.82) is 0 Å². The van der Waals surface area contributed by atoms with E-state index in [0.29, 0.717) is 12.1 Å². The zero-order chi connectivity index (χ0) is 15.2. The Bertz CT molecular complexity index is 554. The third-order valence-electron chi connectivity index (χ3n) is 4.74. The molecule has 2 heteroatoms. The monoisotopic (exact) mass is 295 g/mol. The molecule has 1 N–H and O–H groups in total. The van der Waals surface area contributed by atoms with Gasteiger partial charge in [0.25, 0.3) is 0 Å². The summed E-state index contributed by atoms with van der Waals surface area (Å²) in [7, 11) is 0. The number of aliphatic hydroxyl groups is 1. The van der Waals surface area contributed by atoms with E-state index in [0.717, 1.165) is 19.4 Å². The van der Waals surface area contributed by atoms with E-state index in [4.69, 9.17) is 0 Å². The summed E-state index contributed by atoms with van der Waals surface area (Å²) in [6.07, 6.45) is 4.57. The molecule has 0 saturated carbocycles. The molecule has 2 nitrogen and oxygen atoms in total. The maximum Gasteiger partial charge on any atom is 0.0587 e. The van der Waals surface area contributed by atoms with Crippen LogP contribution in [0.4, 0.5) is 0 Å². The van der Waals surface area contributed by atoms with Crippen LogP contribution in [0, 0.1) is 0 Å². The first-order valence-corrected chi connectivity index (χ1v) is 8.34. The normalized spacial score (nSPS) is 20.7. The predicted molar refractivity (Wildman–Crippen MR) is 90.8 cm³/mol. The highest BCUT2D eigenvalue weighted by Gasteiger charge is 2.29. The minimum Gasteiger partial charge on any atom is -0.395 e. The first-order valence-electron chi connectivity index (χ1n) is 8.34. The minimum absolute atomic E-state index is 0.262. The van der Waals surface area contributed by atoms with Gasteiger partial charge in [0.2, 0.25) is 0 Å². The molecule has 1 fully saturated rings. The highest BCUT2D eigenvalue weighted by Crippen LogP contribution is 2.31. The van der Waals surface area contributed by atoms with E-state index in [2.05, 4.69) is 65.6 Å². The van der Waals surface area contributed by atoms with Crippen molar-refractivity contribution in [1.82, 2.24) is 4.90 Å². The lowest BCUT2D eigenvalue weighted by Crippen LogP contribution is -2.44. The maximum absolute atomic E-state index is 9.78. The van der Waals surface area contributed by atoms with Gasteiger partial charge in [0, 0.05) is 12.1 Å². The molecule has 22 heavy (non-hydrogen) atoms. The Kier molecular flexibility index (Phi) is 5.25. The van der Waals surface area contributed by atoms with Crippen molar-refractivity contribution in [2.24, 2.45) is 0 Å². The Morgan fingerprint density at radius 2 is 1.64 bits per heavy atom. The Labute approximate surface area is 133 Å². The largest absolute Gasteiger partial charge is 0.395 e. The van der Waals surface area contributed by atoms with Crippen LogP contribution in [0.3, 0.4) is 0 Å². The van der Waals surface area contributed by atoms with Gasteiger partial charge in [-0.25, -0.2) is 0 Å². The van der Waals surface area contributed by atoms with Gasteiger partial charge < -0.3 is 5.11 Å². The van der Waals surface area contributed by atoms with Crippen molar-refractivity contribution in [2.75, 3.05) is 13.2 Å². The standard InChI is InChI=1S/C20H25NO/c22-16-19-13-7-8-14-21(19)20(18-11-5-2-6-12-18)15-17-9-3-1-4-10-17/h1-6,9-12,19-20,22H,7-8,13-16H2/t19-,20-/m1/s1. The number of likely N-dealkylation sites (tertiary alicyclic amines) is 1. The molecule has 0 radical (unpaired) electrons. The van der Waals surface area contributed by atoms with Gasteiger partial charge in [-0.15, -0.1) is 0 Å². The summed E-state index contributed by atoms with van der Waals surface area (Å²) in [6.45, 7) is 1.34. The fraction of sp³-hybridized carbons (Fsp3) is 0.400. The highest BCUT2D eigenvalue weighted by molar-refractivity contribution is 5.24. The number of hydrogen-bond acceptors (Lipinski definition) is 2. The van der Waals surface area contributed by atoms with Crippen molar-refractivity contribution in [3.05, 3.63) is 71.8 Å². The lowest BCUT2D eigenvalue weighted by Gasteiger charge is -2.41. The number of hydrogen-bond donors (Lipinski definition) is 1. The van der Waals surface area contributed by atoms with Crippen LogP contribution < -0.4 is 0 Å². The van der Waals surface area contributed by atoms with Crippen LogP contribution >= 0.6 is 0 Å². The summed E-state index contributed by atoms with van der Waals surface area (Å²) in [5, 5.41) is 9.78. The summed E-state index contributed by atoms with van der Waals surface area (Å²) in [5.74, 6) is 0. The van der Waals surface area contributed by atoms with Gasteiger partial charge in [0.15, 0.2) is 0 Å². The molecule has 0 amide bonds. The predicted octanol–water partition coefficient (Wildman–Crippen LogP) is 3.82. The number of nitrogens with zero attached hydrogens (tertiary/aromatic N) is 1. The second kappa shape index (κ2) is 7.57. The van der Waals surface area contributed by atoms with E-state index in [1.165, 1.54) is 24.0 Å². The van der Waals surface area contributed by atoms with E-state index in [-0.39, 0.29) is 6.61 Å². The van der Waals surface area contributed by atoms with Crippen LogP contribution in [0.5, 0.6) is 0 Å². The SMILES string of the molecule is OC[C@H]1CCCCN1[C@H](Cc1ccccc1)c1ccccc1. The highest BCUT2D eigenvalue weighted by atomic mass is 16.3. The summed E-state index contributed by atoms with van der Waals surface area (Å²) < 4.78 is 0. The van der Waals surface area contributed by atoms with Crippen LogP contribution in [-0.2, 0) is 6.42 Å². The molecule has 0 spiro atoms. The molecule has 1 saturated heterocycles. The van der Waals surface area contributed by atoms with E-state index < -0.39 is 0 Å². The average molecular weight is 295 g/mol. The molecule has 1 aliphatic rings. The third kappa shape index (κ3) is 3.57. The Morgan fingerprint density at radius 3 is 2.32 bits per heavy atom. The first-order chi connectivity index (χ1) is 10.9.